The highest BCUT2D eigenvalue weighted by Crippen LogP contribution is 2.38. The molecular formula is C30H24Cl2F2N2O2S. The minimum Gasteiger partial charge on any atom is -0.398 e. The first-order valence-corrected chi connectivity index (χ1v) is 14.1. The Balaban J connectivity index is 1.87. The molecule has 0 fully saturated rings. The van der Waals surface area contributed by atoms with Crippen LogP contribution in [0.4, 0.5) is 20.2 Å². The average Bonchev–Trinajstić information content (AvgIpc) is 2.90. The van der Waals surface area contributed by atoms with Crippen molar-refractivity contribution < 1.29 is 17.2 Å². The van der Waals surface area contributed by atoms with Crippen molar-refractivity contribution in [1.82, 2.24) is 0 Å². The van der Waals surface area contributed by atoms with Crippen LogP contribution in [0.3, 0.4) is 0 Å². The van der Waals surface area contributed by atoms with Crippen molar-refractivity contribution in [2.75, 3.05) is 11.5 Å². The Bertz CT molecular complexity index is 1520. The summed E-state index contributed by atoms with van der Waals surface area (Å²) in [4.78, 5) is 0. The average molecular weight is 586 g/mol. The van der Waals surface area contributed by atoms with E-state index in [2.05, 4.69) is 0 Å². The van der Waals surface area contributed by atoms with E-state index in [9.17, 15) is 17.2 Å². The standard InChI is InChI=1S/C30H24Cl2F2N2O2S/c31-23-7-13-27(35)21(17-23)5-15-29(19-1-9-25(33)10-2-19)39(37,38)30(20-3-11-26(34)12-4-20)16-6-22-18-24(32)8-14-28(22)36/h1-18,29-30H,35-36H2. The van der Waals surface area contributed by atoms with E-state index in [0.717, 1.165) is 0 Å². The summed E-state index contributed by atoms with van der Waals surface area (Å²) in [5.74, 6) is -1.02. The minimum absolute atomic E-state index is 0.330. The minimum atomic E-state index is -4.15. The fraction of sp³-hybridized carbons (Fsp3) is 0.0667. The molecule has 0 spiro atoms. The third-order valence-corrected chi connectivity index (χ3v) is 8.85. The van der Waals surface area contributed by atoms with Gasteiger partial charge in [0, 0.05) is 21.4 Å². The van der Waals surface area contributed by atoms with Crippen LogP contribution in [0, 0.1) is 11.6 Å². The summed E-state index contributed by atoms with van der Waals surface area (Å²) in [5, 5.41) is -1.60. The van der Waals surface area contributed by atoms with Gasteiger partial charge in [-0.25, -0.2) is 17.2 Å². The molecule has 4 aromatic carbocycles. The molecular weight excluding hydrogens is 561 g/mol. The maximum Gasteiger partial charge on any atom is 0.171 e. The van der Waals surface area contributed by atoms with Gasteiger partial charge >= 0.3 is 0 Å². The van der Waals surface area contributed by atoms with E-state index in [0.29, 0.717) is 43.7 Å². The molecule has 0 saturated heterocycles. The van der Waals surface area contributed by atoms with Crippen LogP contribution in [0.2, 0.25) is 10.0 Å². The van der Waals surface area contributed by atoms with Crippen molar-refractivity contribution in [3.05, 3.63) is 141 Å². The highest BCUT2D eigenvalue weighted by molar-refractivity contribution is 7.92. The van der Waals surface area contributed by atoms with E-state index in [-0.39, 0.29) is 0 Å². The molecule has 2 unspecified atom stereocenters. The van der Waals surface area contributed by atoms with Crippen LogP contribution in [0.25, 0.3) is 12.2 Å². The molecule has 0 aliphatic rings. The molecule has 2 atom stereocenters. The summed E-state index contributed by atoms with van der Waals surface area (Å²) in [6, 6.07) is 20.1. The maximum absolute atomic E-state index is 14.3. The van der Waals surface area contributed by atoms with Gasteiger partial charge in [-0.2, -0.15) is 0 Å². The second-order valence-corrected chi connectivity index (χ2v) is 11.9. The largest absolute Gasteiger partial charge is 0.398 e. The summed E-state index contributed by atoms with van der Waals surface area (Å²) in [6.07, 6.45) is 6.08. The molecule has 200 valence electrons. The first-order valence-electron chi connectivity index (χ1n) is 11.7. The van der Waals surface area contributed by atoms with Crippen molar-refractivity contribution in [2.24, 2.45) is 0 Å². The van der Waals surface area contributed by atoms with Gasteiger partial charge in [-0.1, -0.05) is 71.8 Å². The number of halogens is 4. The Morgan fingerprint density at radius 1 is 0.615 bits per heavy atom. The zero-order valence-electron chi connectivity index (χ0n) is 20.4. The quantitative estimate of drug-likeness (QED) is 0.205. The zero-order valence-corrected chi connectivity index (χ0v) is 22.8. The first-order chi connectivity index (χ1) is 18.5. The van der Waals surface area contributed by atoms with Gasteiger partial charge in [-0.05, 0) is 82.9 Å². The predicted molar refractivity (Wildman–Crippen MR) is 157 cm³/mol. The van der Waals surface area contributed by atoms with Gasteiger partial charge in [0.15, 0.2) is 9.84 Å². The Labute approximate surface area is 236 Å². The molecule has 0 aromatic heterocycles. The third kappa shape index (κ3) is 6.87. The number of sulfone groups is 1. The van der Waals surface area contributed by atoms with Crippen LogP contribution in [-0.4, -0.2) is 8.42 Å². The summed E-state index contributed by atoms with van der Waals surface area (Å²) < 4.78 is 56.2. The lowest BCUT2D eigenvalue weighted by atomic mass is 10.1. The molecule has 0 heterocycles. The lowest BCUT2D eigenvalue weighted by molar-refractivity contribution is 0.583. The fourth-order valence-corrected chi connectivity index (χ4v) is 6.39. The van der Waals surface area contributed by atoms with Gasteiger partial charge in [-0.15, -0.1) is 0 Å². The Morgan fingerprint density at radius 3 is 1.33 bits per heavy atom. The first kappa shape index (κ1) is 28.4. The molecule has 0 aliphatic carbocycles. The monoisotopic (exact) mass is 584 g/mol. The van der Waals surface area contributed by atoms with Crippen molar-refractivity contribution in [2.45, 2.75) is 10.5 Å². The smallest absolute Gasteiger partial charge is 0.171 e. The fourth-order valence-electron chi connectivity index (χ4n) is 4.05. The number of nitrogens with two attached hydrogens (primary N) is 2. The Kier molecular flexibility index (Phi) is 8.75. The van der Waals surface area contributed by atoms with E-state index in [1.165, 1.54) is 60.7 Å². The Hall–Kier alpha value is -3.65. The molecule has 0 saturated carbocycles. The summed E-state index contributed by atoms with van der Waals surface area (Å²) in [7, 11) is -4.15. The second-order valence-electron chi connectivity index (χ2n) is 8.80. The van der Waals surface area contributed by atoms with Crippen LogP contribution in [0.5, 0.6) is 0 Å². The van der Waals surface area contributed by atoms with Crippen LogP contribution in [0.15, 0.2) is 97.1 Å². The Morgan fingerprint density at radius 2 is 0.974 bits per heavy atom. The third-order valence-electron chi connectivity index (χ3n) is 6.10. The summed E-state index contributed by atoms with van der Waals surface area (Å²) in [5.41, 5.74) is 14.6. The molecule has 39 heavy (non-hydrogen) atoms. The van der Waals surface area contributed by atoms with Crippen LogP contribution in [-0.2, 0) is 9.84 Å². The highest BCUT2D eigenvalue weighted by Gasteiger charge is 2.33. The van der Waals surface area contributed by atoms with Crippen LogP contribution >= 0.6 is 23.2 Å². The van der Waals surface area contributed by atoms with E-state index in [4.69, 9.17) is 34.7 Å². The topological polar surface area (TPSA) is 86.2 Å². The molecule has 0 bridgehead atoms. The highest BCUT2D eigenvalue weighted by atomic mass is 35.5. The second kappa shape index (κ2) is 12.0. The van der Waals surface area contributed by atoms with Crippen molar-refractivity contribution in [1.29, 1.82) is 0 Å². The van der Waals surface area contributed by atoms with Crippen molar-refractivity contribution >= 4 is 56.6 Å². The van der Waals surface area contributed by atoms with Gasteiger partial charge in [0.25, 0.3) is 0 Å². The van der Waals surface area contributed by atoms with Gasteiger partial charge < -0.3 is 11.5 Å². The number of hydrogen-bond donors (Lipinski definition) is 2. The van der Waals surface area contributed by atoms with Gasteiger partial charge in [-0.3, -0.25) is 0 Å². The lowest BCUT2D eigenvalue weighted by Gasteiger charge is -2.22. The van der Waals surface area contributed by atoms with E-state index in [1.807, 2.05) is 0 Å². The van der Waals surface area contributed by atoms with Crippen molar-refractivity contribution in [3.8, 4) is 0 Å². The number of anilines is 2. The summed E-state index contributed by atoms with van der Waals surface area (Å²) in [6.45, 7) is 0. The van der Waals surface area contributed by atoms with Gasteiger partial charge in [0.1, 0.15) is 22.1 Å². The van der Waals surface area contributed by atoms with E-state index < -0.39 is 32.0 Å². The molecule has 9 heteroatoms. The molecule has 0 radical (unpaired) electrons. The molecule has 4 nitrogen and oxygen atoms in total. The molecule has 0 amide bonds. The number of benzene rings is 4. The van der Waals surface area contributed by atoms with Crippen molar-refractivity contribution in [3.63, 3.8) is 0 Å². The lowest BCUT2D eigenvalue weighted by Crippen LogP contribution is -2.19. The van der Waals surface area contributed by atoms with Gasteiger partial charge in [0.05, 0.1) is 0 Å². The van der Waals surface area contributed by atoms with Gasteiger partial charge in [0.2, 0.25) is 0 Å². The number of hydrogen-bond acceptors (Lipinski definition) is 4. The maximum atomic E-state index is 14.3. The molecule has 4 rings (SSSR count). The van der Waals surface area contributed by atoms with Crippen LogP contribution in [0.1, 0.15) is 32.8 Å². The molecule has 0 aliphatic heterocycles. The molecule has 4 aromatic rings. The summed E-state index contributed by atoms with van der Waals surface area (Å²) >= 11 is 12.2. The predicted octanol–water partition coefficient (Wildman–Crippen LogP) is 8.06. The molecule has 4 N–H and O–H groups in total. The van der Waals surface area contributed by atoms with E-state index >= 15 is 0 Å². The van der Waals surface area contributed by atoms with E-state index in [1.54, 1.807) is 48.6 Å². The normalized spacial score (nSPS) is 13.6. The number of rotatable bonds is 8. The number of nitrogen functional groups attached to an aromatic ring is 2. The zero-order chi connectivity index (χ0) is 28.2. The van der Waals surface area contributed by atoms with Crippen LogP contribution < -0.4 is 11.5 Å². The SMILES string of the molecule is Nc1ccc(Cl)cc1C=CC(c1ccc(F)cc1)S(=O)(=O)C(C=Cc1cc(Cl)ccc1N)c1ccc(F)cc1.